The van der Waals surface area contributed by atoms with Crippen molar-refractivity contribution in [2.75, 3.05) is 12.0 Å². The Balaban J connectivity index is 2.92. The SMILES string of the molecule is C[S@](=O)CCCCCCCCC#N. The van der Waals surface area contributed by atoms with Crippen LogP contribution in [0.3, 0.4) is 0 Å². The minimum atomic E-state index is -0.619. The number of hydrogen-bond donors (Lipinski definition) is 0. The molecule has 0 aliphatic heterocycles. The van der Waals surface area contributed by atoms with E-state index in [1.54, 1.807) is 6.26 Å². The number of hydrogen-bond acceptors (Lipinski definition) is 2. The van der Waals surface area contributed by atoms with Gasteiger partial charge in [-0.05, 0) is 12.8 Å². The van der Waals surface area contributed by atoms with Crippen molar-refractivity contribution < 1.29 is 4.21 Å². The smallest absolute Gasteiger partial charge is 0.0621 e. The predicted molar refractivity (Wildman–Crippen MR) is 56.9 cm³/mol. The normalized spacial score (nSPS) is 12.3. The van der Waals surface area contributed by atoms with Crippen molar-refractivity contribution in [2.45, 2.75) is 44.9 Å². The average molecular weight is 201 g/mol. The van der Waals surface area contributed by atoms with E-state index in [2.05, 4.69) is 6.07 Å². The van der Waals surface area contributed by atoms with Crippen LogP contribution in [0.25, 0.3) is 0 Å². The van der Waals surface area contributed by atoms with Gasteiger partial charge in [-0.3, -0.25) is 4.21 Å². The van der Waals surface area contributed by atoms with Gasteiger partial charge >= 0.3 is 0 Å². The van der Waals surface area contributed by atoms with Crippen molar-refractivity contribution in [3.05, 3.63) is 0 Å². The first-order valence-corrected chi connectivity index (χ1v) is 6.67. The van der Waals surface area contributed by atoms with E-state index in [0.717, 1.165) is 18.6 Å². The monoisotopic (exact) mass is 201 g/mol. The molecule has 0 aromatic carbocycles. The van der Waals surface area contributed by atoms with Crippen molar-refractivity contribution in [3.63, 3.8) is 0 Å². The van der Waals surface area contributed by atoms with Crippen molar-refractivity contribution in [1.29, 1.82) is 5.26 Å². The van der Waals surface area contributed by atoms with Gasteiger partial charge in [0.15, 0.2) is 0 Å². The predicted octanol–water partition coefficient (Wildman–Crippen LogP) is 2.62. The molecular weight excluding hydrogens is 182 g/mol. The summed E-state index contributed by atoms with van der Waals surface area (Å²) in [6.45, 7) is 0. The molecule has 0 rings (SSSR count). The molecule has 1 atom stereocenters. The Morgan fingerprint density at radius 2 is 1.62 bits per heavy atom. The largest absolute Gasteiger partial charge is 0.260 e. The van der Waals surface area contributed by atoms with Gasteiger partial charge in [0.25, 0.3) is 0 Å². The molecular formula is C10H19NOS. The van der Waals surface area contributed by atoms with Gasteiger partial charge < -0.3 is 0 Å². The zero-order valence-electron chi connectivity index (χ0n) is 8.42. The molecule has 0 aromatic heterocycles. The lowest BCUT2D eigenvalue weighted by Crippen LogP contribution is -1.93. The lowest BCUT2D eigenvalue weighted by Gasteiger charge is -1.98. The van der Waals surface area contributed by atoms with Crippen LogP contribution in [0.5, 0.6) is 0 Å². The number of nitrogens with zero attached hydrogens (tertiary/aromatic N) is 1. The molecule has 0 N–H and O–H groups in total. The zero-order valence-corrected chi connectivity index (χ0v) is 9.24. The van der Waals surface area contributed by atoms with E-state index in [1.807, 2.05) is 0 Å². The molecule has 0 saturated carbocycles. The molecule has 0 saturated heterocycles. The Hall–Kier alpha value is -0.360. The zero-order chi connectivity index (χ0) is 9.94. The minimum Gasteiger partial charge on any atom is -0.260 e. The van der Waals surface area contributed by atoms with Crippen molar-refractivity contribution >= 4 is 10.8 Å². The molecule has 0 spiro atoms. The average Bonchev–Trinajstić information content (AvgIpc) is 2.09. The van der Waals surface area contributed by atoms with Crippen LogP contribution in [0.4, 0.5) is 0 Å². The molecule has 0 radical (unpaired) electrons. The van der Waals surface area contributed by atoms with E-state index < -0.39 is 10.8 Å². The molecule has 0 heterocycles. The molecule has 2 nitrogen and oxygen atoms in total. The molecule has 0 aromatic rings. The van der Waals surface area contributed by atoms with Gasteiger partial charge in [0.1, 0.15) is 0 Å². The second-order valence-corrected chi connectivity index (χ2v) is 4.86. The molecule has 0 aliphatic rings. The van der Waals surface area contributed by atoms with Crippen LogP contribution in [0.2, 0.25) is 0 Å². The highest BCUT2D eigenvalue weighted by Crippen LogP contribution is 2.06. The fourth-order valence-corrected chi connectivity index (χ4v) is 1.83. The first kappa shape index (κ1) is 12.6. The van der Waals surface area contributed by atoms with E-state index in [0.29, 0.717) is 6.42 Å². The van der Waals surface area contributed by atoms with Crippen LogP contribution in [-0.4, -0.2) is 16.2 Å². The summed E-state index contributed by atoms with van der Waals surface area (Å²) in [5, 5.41) is 8.28. The lowest BCUT2D eigenvalue weighted by molar-refractivity contribution is 0.611. The first-order chi connectivity index (χ1) is 6.27. The lowest BCUT2D eigenvalue weighted by atomic mass is 10.1. The molecule has 3 heteroatoms. The third-order valence-corrected chi connectivity index (χ3v) is 2.83. The Morgan fingerprint density at radius 1 is 1.08 bits per heavy atom. The van der Waals surface area contributed by atoms with E-state index in [1.165, 1.54) is 25.7 Å². The summed E-state index contributed by atoms with van der Waals surface area (Å²) >= 11 is 0. The van der Waals surface area contributed by atoms with Crippen molar-refractivity contribution in [1.82, 2.24) is 0 Å². The maximum atomic E-state index is 10.7. The highest BCUT2D eigenvalue weighted by molar-refractivity contribution is 7.84. The van der Waals surface area contributed by atoms with Gasteiger partial charge in [0.2, 0.25) is 0 Å². The minimum absolute atomic E-state index is 0.619. The van der Waals surface area contributed by atoms with E-state index in [4.69, 9.17) is 5.26 Å². The molecule has 0 fully saturated rings. The van der Waals surface area contributed by atoms with Crippen molar-refractivity contribution in [3.8, 4) is 6.07 Å². The molecule has 0 aliphatic carbocycles. The quantitative estimate of drug-likeness (QED) is 0.566. The van der Waals surface area contributed by atoms with Crippen molar-refractivity contribution in [2.24, 2.45) is 0 Å². The van der Waals surface area contributed by atoms with Crippen LogP contribution < -0.4 is 0 Å². The maximum absolute atomic E-state index is 10.7. The van der Waals surface area contributed by atoms with Crippen LogP contribution in [0.15, 0.2) is 0 Å². The maximum Gasteiger partial charge on any atom is 0.0621 e. The standard InChI is InChI=1S/C10H19NOS/c1-13(12)10-8-6-4-2-3-5-7-9-11/h2-8,10H2,1H3/t13-/m0/s1. The second-order valence-electron chi connectivity index (χ2n) is 3.31. The number of rotatable bonds is 8. The second kappa shape index (κ2) is 9.73. The van der Waals surface area contributed by atoms with E-state index in [-0.39, 0.29) is 0 Å². The summed E-state index contributed by atoms with van der Waals surface area (Å²) in [7, 11) is -0.619. The molecule has 13 heavy (non-hydrogen) atoms. The van der Waals surface area contributed by atoms with E-state index >= 15 is 0 Å². The van der Waals surface area contributed by atoms with Gasteiger partial charge in [0.05, 0.1) is 6.07 Å². The molecule has 0 unspecified atom stereocenters. The first-order valence-electron chi connectivity index (χ1n) is 4.94. The fourth-order valence-electron chi connectivity index (χ4n) is 1.22. The Kier molecular flexibility index (Phi) is 9.46. The summed E-state index contributed by atoms with van der Waals surface area (Å²) in [5.74, 6) is 0.845. The fraction of sp³-hybridized carbons (Fsp3) is 0.900. The Morgan fingerprint density at radius 3 is 2.15 bits per heavy atom. The summed E-state index contributed by atoms with van der Waals surface area (Å²) in [6, 6.07) is 2.14. The third-order valence-electron chi connectivity index (χ3n) is 1.97. The summed E-state index contributed by atoms with van der Waals surface area (Å²) in [6.07, 6.45) is 9.37. The summed E-state index contributed by atoms with van der Waals surface area (Å²) in [5.41, 5.74) is 0. The Bertz CT molecular complexity index is 174. The molecule has 76 valence electrons. The van der Waals surface area contributed by atoms with Gasteiger partial charge in [-0.1, -0.05) is 25.7 Å². The summed E-state index contributed by atoms with van der Waals surface area (Å²) in [4.78, 5) is 0. The Labute approximate surface area is 83.8 Å². The van der Waals surface area contributed by atoms with Gasteiger partial charge in [-0.25, -0.2) is 0 Å². The topological polar surface area (TPSA) is 40.9 Å². The van der Waals surface area contributed by atoms with Gasteiger partial charge in [-0.15, -0.1) is 0 Å². The molecule has 0 amide bonds. The van der Waals surface area contributed by atoms with Crippen LogP contribution in [0, 0.1) is 11.3 Å². The molecule has 0 bridgehead atoms. The van der Waals surface area contributed by atoms with E-state index in [9.17, 15) is 4.21 Å². The van der Waals surface area contributed by atoms with Crippen LogP contribution in [0.1, 0.15) is 44.9 Å². The highest BCUT2D eigenvalue weighted by Gasteiger charge is 1.93. The van der Waals surface area contributed by atoms with Gasteiger partial charge in [0, 0.05) is 29.2 Å². The number of unbranched alkanes of at least 4 members (excludes halogenated alkanes) is 6. The van der Waals surface area contributed by atoms with Gasteiger partial charge in [-0.2, -0.15) is 5.26 Å². The number of nitriles is 1. The van der Waals surface area contributed by atoms with Crippen LogP contribution >= 0.6 is 0 Å². The third kappa shape index (κ3) is 11.6. The highest BCUT2D eigenvalue weighted by atomic mass is 32.2. The van der Waals surface area contributed by atoms with Crippen LogP contribution in [-0.2, 0) is 10.8 Å². The summed E-state index contributed by atoms with van der Waals surface area (Å²) < 4.78 is 10.7.